The van der Waals surface area contributed by atoms with Crippen LogP contribution in [0.3, 0.4) is 0 Å². The van der Waals surface area contributed by atoms with Crippen LogP contribution < -0.4 is 11.3 Å². The van der Waals surface area contributed by atoms with Crippen LogP contribution in [-0.4, -0.2) is 4.98 Å². The van der Waals surface area contributed by atoms with Crippen molar-refractivity contribution in [3.8, 4) is 0 Å². The Hall–Kier alpha value is -1.27. The molecule has 0 aliphatic carbocycles. The number of hydrogen-bond acceptors (Lipinski definition) is 5. The topological polar surface area (TPSA) is 50.9 Å². The molecule has 0 bridgehead atoms. The summed E-state index contributed by atoms with van der Waals surface area (Å²) < 4.78 is 1.19. The molecule has 3 aromatic heterocycles. The van der Waals surface area contributed by atoms with E-state index in [4.69, 9.17) is 5.84 Å². The molecule has 3 heterocycles. The molecular formula is C12H11N3S2. The highest BCUT2D eigenvalue weighted by atomic mass is 32.1. The van der Waals surface area contributed by atoms with E-state index < -0.39 is 0 Å². The Labute approximate surface area is 107 Å². The van der Waals surface area contributed by atoms with E-state index in [1.165, 1.54) is 9.58 Å². The quantitative estimate of drug-likeness (QED) is 0.563. The molecule has 1 unspecified atom stereocenters. The van der Waals surface area contributed by atoms with Gasteiger partial charge in [-0.05, 0) is 34.5 Å². The minimum Gasteiger partial charge on any atom is -0.271 e. The van der Waals surface area contributed by atoms with E-state index in [0.29, 0.717) is 0 Å². The number of nitrogens with zero attached hydrogens (tertiary/aromatic N) is 1. The molecule has 86 valence electrons. The molecule has 0 saturated carbocycles. The van der Waals surface area contributed by atoms with Crippen LogP contribution in [0.4, 0.5) is 0 Å². The Morgan fingerprint density at radius 1 is 1.24 bits per heavy atom. The van der Waals surface area contributed by atoms with Crippen molar-refractivity contribution >= 4 is 32.9 Å². The van der Waals surface area contributed by atoms with Crippen molar-refractivity contribution in [3.05, 3.63) is 51.7 Å². The second-order valence-electron chi connectivity index (χ2n) is 3.69. The van der Waals surface area contributed by atoms with Crippen LogP contribution in [0.15, 0.2) is 41.2 Å². The van der Waals surface area contributed by atoms with Gasteiger partial charge in [0.05, 0.1) is 16.3 Å². The summed E-state index contributed by atoms with van der Waals surface area (Å²) in [4.78, 5) is 5.64. The maximum absolute atomic E-state index is 5.65. The third-order valence-electron chi connectivity index (χ3n) is 2.65. The van der Waals surface area contributed by atoms with E-state index in [1.807, 2.05) is 18.3 Å². The molecule has 0 aliphatic rings. The highest BCUT2D eigenvalue weighted by Crippen LogP contribution is 2.28. The van der Waals surface area contributed by atoms with E-state index in [1.54, 1.807) is 22.7 Å². The molecule has 0 aromatic carbocycles. The first-order valence-electron chi connectivity index (χ1n) is 5.21. The van der Waals surface area contributed by atoms with Gasteiger partial charge in [-0.15, -0.1) is 22.7 Å². The van der Waals surface area contributed by atoms with Crippen LogP contribution in [0.1, 0.15) is 16.5 Å². The average molecular weight is 261 g/mol. The molecule has 0 saturated heterocycles. The number of nitrogens with one attached hydrogen (secondary N) is 1. The summed E-state index contributed by atoms with van der Waals surface area (Å²) >= 11 is 3.39. The van der Waals surface area contributed by atoms with Crippen LogP contribution >= 0.6 is 22.7 Å². The van der Waals surface area contributed by atoms with Gasteiger partial charge in [0, 0.05) is 11.1 Å². The SMILES string of the molecule is NNC(c1cnc2ccsc2c1)c1cccs1. The summed E-state index contributed by atoms with van der Waals surface area (Å²) in [5, 5.41) is 4.11. The summed E-state index contributed by atoms with van der Waals surface area (Å²) in [7, 11) is 0. The van der Waals surface area contributed by atoms with Crippen LogP contribution in [0.25, 0.3) is 10.2 Å². The first kappa shape index (κ1) is 10.9. The van der Waals surface area contributed by atoms with Gasteiger partial charge in [-0.25, -0.2) is 5.43 Å². The fourth-order valence-electron chi connectivity index (χ4n) is 1.82. The highest BCUT2D eigenvalue weighted by molar-refractivity contribution is 7.17. The Bertz CT molecular complexity index is 616. The summed E-state index contributed by atoms with van der Waals surface area (Å²) in [6.07, 6.45) is 1.89. The van der Waals surface area contributed by atoms with E-state index in [-0.39, 0.29) is 6.04 Å². The standard InChI is InChI=1S/C12H11N3S2/c13-15-12(10-2-1-4-16-10)8-6-11-9(14-7-8)3-5-17-11/h1-7,12,15H,13H2. The molecule has 1 atom stereocenters. The number of hydrazine groups is 1. The summed E-state index contributed by atoms with van der Waals surface area (Å²) in [5.41, 5.74) is 5.00. The molecule has 0 fully saturated rings. The van der Waals surface area contributed by atoms with E-state index in [9.17, 15) is 0 Å². The number of fused-ring (bicyclic) bond motifs is 1. The van der Waals surface area contributed by atoms with Gasteiger partial charge in [-0.1, -0.05) is 6.07 Å². The number of hydrogen-bond donors (Lipinski definition) is 2. The van der Waals surface area contributed by atoms with Gasteiger partial charge < -0.3 is 0 Å². The minimum absolute atomic E-state index is 0.0222. The number of nitrogens with two attached hydrogens (primary N) is 1. The predicted molar refractivity (Wildman–Crippen MR) is 73.1 cm³/mol. The third kappa shape index (κ3) is 1.98. The molecule has 3 aromatic rings. The number of thiophene rings is 2. The normalized spacial score (nSPS) is 13.0. The fraction of sp³-hybridized carbons (Fsp3) is 0.0833. The van der Waals surface area contributed by atoms with Gasteiger partial charge in [0.25, 0.3) is 0 Å². The van der Waals surface area contributed by atoms with Crippen LogP contribution in [0, 0.1) is 0 Å². The van der Waals surface area contributed by atoms with Crippen molar-refractivity contribution in [2.75, 3.05) is 0 Å². The van der Waals surface area contributed by atoms with Gasteiger partial charge in [0.15, 0.2) is 0 Å². The van der Waals surface area contributed by atoms with Crippen molar-refractivity contribution in [1.29, 1.82) is 0 Å². The van der Waals surface area contributed by atoms with Gasteiger partial charge >= 0.3 is 0 Å². The zero-order valence-electron chi connectivity index (χ0n) is 8.96. The maximum atomic E-state index is 5.65. The average Bonchev–Trinajstić information content (AvgIpc) is 2.99. The Balaban J connectivity index is 2.06. The lowest BCUT2D eigenvalue weighted by Gasteiger charge is -2.14. The molecule has 0 radical (unpaired) electrons. The second kappa shape index (κ2) is 4.54. The Morgan fingerprint density at radius 2 is 2.18 bits per heavy atom. The summed E-state index contributed by atoms with van der Waals surface area (Å²) in [6.45, 7) is 0. The van der Waals surface area contributed by atoms with Crippen LogP contribution in [0.2, 0.25) is 0 Å². The lowest BCUT2D eigenvalue weighted by molar-refractivity contribution is 0.645. The lowest BCUT2D eigenvalue weighted by Crippen LogP contribution is -2.28. The van der Waals surface area contributed by atoms with Gasteiger partial charge in [0.2, 0.25) is 0 Å². The van der Waals surface area contributed by atoms with E-state index in [2.05, 4.69) is 33.3 Å². The van der Waals surface area contributed by atoms with Crippen molar-refractivity contribution < 1.29 is 0 Å². The number of aromatic nitrogens is 1. The van der Waals surface area contributed by atoms with Gasteiger partial charge in [0.1, 0.15) is 0 Å². The largest absolute Gasteiger partial charge is 0.271 e. The van der Waals surface area contributed by atoms with Crippen LogP contribution in [-0.2, 0) is 0 Å². The smallest absolute Gasteiger partial charge is 0.0817 e. The summed E-state index contributed by atoms with van der Waals surface area (Å²) in [6, 6.07) is 8.31. The molecule has 17 heavy (non-hydrogen) atoms. The first-order chi connectivity index (χ1) is 8.38. The maximum Gasteiger partial charge on any atom is 0.0817 e. The zero-order chi connectivity index (χ0) is 11.7. The molecule has 0 aliphatic heterocycles. The summed E-state index contributed by atoms with van der Waals surface area (Å²) in [5.74, 6) is 5.65. The lowest BCUT2D eigenvalue weighted by atomic mass is 10.1. The van der Waals surface area contributed by atoms with Crippen molar-refractivity contribution in [3.63, 3.8) is 0 Å². The first-order valence-corrected chi connectivity index (χ1v) is 6.97. The van der Waals surface area contributed by atoms with E-state index >= 15 is 0 Å². The molecule has 5 heteroatoms. The van der Waals surface area contributed by atoms with E-state index in [0.717, 1.165) is 11.1 Å². The Kier molecular flexibility index (Phi) is 2.90. The predicted octanol–water partition coefficient (Wildman–Crippen LogP) is 2.91. The van der Waals surface area contributed by atoms with Crippen molar-refractivity contribution in [2.24, 2.45) is 5.84 Å². The van der Waals surface area contributed by atoms with Crippen LogP contribution in [0.5, 0.6) is 0 Å². The molecular weight excluding hydrogens is 250 g/mol. The molecule has 0 amide bonds. The fourth-order valence-corrected chi connectivity index (χ4v) is 3.42. The number of pyridine rings is 1. The second-order valence-corrected chi connectivity index (χ2v) is 5.61. The third-order valence-corrected chi connectivity index (χ3v) is 4.44. The zero-order valence-corrected chi connectivity index (χ0v) is 10.6. The highest BCUT2D eigenvalue weighted by Gasteiger charge is 2.14. The molecule has 3 rings (SSSR count). The van der Waals surface area contributed by atoms with Crippen molar-refractivity contribution in [2.45, 2.75) is 6.04 Å². The van der Waals surface area contributed by atoms with Gasteiger partial charge in [-0.2, -0.15) is 0 Å². The van der Waals surface area contributed by atoms with Crippen molar-refractivity contribution in [1.82, 2.24) is 10.4 Å². The molecule has 3 N–H and O–H groups in total. The monoisotopic (exact) mass is 261 g/mol. The molecule has 0 spiro atoms. The molecule has 3 nitrogen and oxygen atoms in total. The Morgan fingerprint density at radius 3 is 2.94 bits per heavy atom. The van der Waals surface area contributed by atoms with Gasteiger partial charge in [-0.3, -0.25) is 10.8 Å². The minimum atomic E-state index is 0.0222. The number of rotatable bonds is 3.